The van der Waals surface area contributed by atoms with E-state index in [0.29, 0.717) is 24.3 Å². The van der Waals surface area contributed by atoms with Crippen LogP contribution in [0.5, 0.6) is 0 Å². The number of amides is 2. The molecule has 2 N–H and O–H groups in total. The highest BCUT2D eigenvalue weighted by Crippen LogP contribution is 2.29. The highest BCUT2D eigenvalue weighted by molar-refractivity contribution is 6.25. The third-order valence-electron chi connectivity index (χ3n) is 4.66. The first kappa shape index (κ1) is 21.8. The lowest BCUT2D eigenvalue weighted by Crippen LogP contribution is -2.33. The number of benzene rings is 2. The van der Waals surface area contributed by atoms with E-state index >= 15 is 0 Å². The number of hydrogen-bond donors (Lipinski definition) is 2. The molecule has 2 aromatic carbocycles. The Hall–Kier alpha value is -2.90. The van der Waals surface area contributed by atoms with Gasteiger partial charge in [0.1, 0.15) is 11.9 Å². The second-order valence-corrected chi connectivity index (χ2v) is 7.16. The molecule has 2 amide bonds. The molecule has 1 fully saturated rings. The minimum Gasteiger partial charge on any atom is -0.442 e. The lowest BCUT2D eigenvalue weighted by molar-refractivity contribution is -0.119. The van der Waals surface area contributed by atoms with E-state index in [9.17, 15) is 14.0 Å². The standard InChI is InChI=1S/C22H23ClFN3O3/c1-15(28)26-13-19-14-27(22(29)30-19)18-7-8-20(21(24)11-18)17-5-3-16(4-6-17)12-25-10-2-9-23/h2-9,11,19,25H,10,12-14H2,1H3,(H,26,28)/t19-/m0/s1. The van der Waals surface area contributed by atoms with Crippen LogP contribution in [-0.2, 0) is 16.1 Å². The molecular weight excluding hydrogens is 409 g/mol. The second-order valence-electron chi connectivity index (χ2n) is 6.91. The molecule has 1 aliphatic heterocycles. The molecule has 0 radical (unpaired) electrons. The molecule has 0 saturated carbocycles. The van der Waals surface area contributed by atoms with E-state index in [4.69, 9.17) is 16.3 Å². The van der Waals surface area contributed by atoms with E-state index in [1.54, 1.807) is 12.1 Å². The highest BCUT2D eigenvalue weighted by Gasteiger charge is 2.32. The molecule has 0 unspecified atom stereocenters. The van der Waals surface area contributed by atoms with Crippen molar-refractivity contribution >= 4 is 29.3 Å². The van der Waals surface area contributed by atoms with Crippen LogP contribution in [-0.4, -0.2) is 37.7 Å². The fourth-order valence-electron chi connectivity index (χ4n) is 3.15. The van der Waals surface area contributed by atoms with Crippen molar-refractivity contribution in [2.45, 2.75) is 19.6 Å². The fraction of sp³-hybridized carbons (Fsp3) is 0.273. The summed E-state index contributed by atoms with van der Waals surface area (Å²) in [5.74, 6) is -0.627. The van der Waals surface area contributed by atoms with Crippen molar-refractivity contribution in [3.05, 3.63) is 65.5 Å². The number of carbonyl (C=O) groups excluding carboxylic acids is 2. The number of rotatable bonds is 8. The molecule has 0 aromatic heterocycles. The maximum absolute atomic E-state index is 14.8. The normalized spacial score (nSPS) is 16.2. The topological polar surface area (TPSA) is 70.7 Å². The zero-order valence-corrected chi connectivity index (χ0v) is 17.3. The Balaban J connectivity index is 1.66. The predicted molar refractivity (Wildman–Crippen MR) is 115 cm³/mol. The van der Waals surface area contributed by atoms with Gasteiger partial charge < -0.3 is 15.4 Å². The molecule has 2 aromatic rings. The average Bonchev–Trinajstić information content (AvgIpc) is 3.11. The molecule has 8 heteroatoms. The van der Waals surface area contributed by atoms with Gasteiger partial charge in [0.05, 0.1) is 18.8 Å². The summed E-state index contributed by atoms with van der Waals surface area (Å²) in [6, 6.07) is 12.3. The quantitative estimate of drug-likeness (QED) is 0.624. The molecule has 30 heavy (non-hydrogen) atoms. The van der Waals surface area contributed by atoms with Gasteiger partial charge in [0.15, 0.2) is 0 Å². The zero-order chi connectivity index (χ0) is 21.5. The van der Waals surface area contributed by atoms with Crippen molar-refractivity contribution in [3.8, 4) is 11.1 Å². The van der Waals surface area contributed by atoms with Crippen LogP contribution >= 0.6 is 11.6 Å². The van der Waals surface area contributed by atoms with Gasteiger partial charge in [0, 0.05) is 31.1 Å². The summed E-state index contributed by atoms with van der Waals surface area (Å²) in [6.07, 6.45) is 0.786. The lowest BCUT2D eigenvalue weighted by atomic mass is 10.0. The van der Waals surface area contributed by atoms with E-state index in [1.165, 1.54) is 23.4 Å². The first-order chi connectivity index (χ1) is 14.5. The summed E-state index contributed by atoms with van der Waals surface area (Å²) in [5.41, 5.74) is 4.15. The van der Waals surface area contributed by atoms with Crippen molar-refractivity contribution in [1.82, 2.24) is 10.6 Å². The molecule has 1 atom stereocenters. The van der Waals surface area contributed by atoms with E-state index in [-0.39, 0.29) is 19.0 Å². The van der Waals surface area contributed by atoms with Crippen molar-refractivity contribution in [2.75, 3.05) is 24.5 Å². The number of halogens is 2. The molecule has 158 valence electrons. The lowest BCUT2D eigenvalue weighted by Gasteiger charge is -2.15. The summed E-state index contributed by atoms with van der Waals surface area (Å²) in [4.78, 5) is 24.5. The maximum Gasteiger partial charge on any atom is 0.414 e. The molecule has 0 aliphatic carbocycles. The Bertz CT molecular complexity index is 934. The van der Waals surface area contributed by atoms with Gasteiger partial charge in [-0.15, -0.1) is 0 Å². The van der Waals surface area contributed by atoms with Gasteiger partial charge in [-0.3, -0.25) is 9.69 Å². The van der Waals surface area contributed by atoms with Gasteiger partial charge in [-0.2, -0.15) is 0 Å². The molecule has 0 bridgehead atoms. The summed E-state index contributed by atoms with van der Waals surface area (Å²) in [7, 11) is 0. The largest absolute Gasteiger partial charge is 0.442 e. The third kappa shape index (κ3) is 5.58. The van der Waals surface area contributed by atoms with E-state index < -0.39 is 18.0 Å². The summed E-state index contributed by atoms with van der Waals surface area (Å²) in [5, 5.41) is 5.83. The number of cyclic esters (lactones) is 1. The van der Waals surface area contributed by atoms with Crippen LogP contribution in [0.4, 0.5) is 14.9 Å². The van der Waals surface area contributed by atoms with Crippen LogP contribution in [0.15, 0.2) is 54.1 Å². The minimum atomic E-state index is -0.557. The van der Waals surface area contributed by atoms with Crippen LogP contribution in [0.1, 0.15) is 12.5 Å². The number of hydrogen-bond acceptors (Lipinski definition) is 4. The van der Waals surface area contributed by atoms with Crippen LogP contribution in [0.25, 0.3) is 11.1 Å². The van der Waals surface area contributed by atoms with Crippen LogP contribution < -0.4 is 15.5 Å². The molecule has 6 nitrogen and oxygen atoms in total. The number of nitrogens with one attached hydrogen (secondary N) is 2. The Morgan fingerprint density at radius 1 is 1.30 bits per heavy atom. The van der Waals surface area contributed by atoms with Crippen molar-refractivity contribution in [2.24, 2.45) is 0 Å². The summed E-state index contributed by atoms with van der Waals surface area (Å²) in [6.45, 7) is 3.22. The summed E-state index contributed by atoms with van der Waals surface area (Å²) < 4.78 is 20.0. The van der Waals surface area contributed by atoms with Crippen molar-refractivity contribution in [3.63, 3.8) is 0 Å². The van der Waals surface area contributed by atoms with E-state index in [1.807, 2.05) is 30.3 Å². The Kier molecular flexibility index (Phi) is 7.43. The van der Waals surface area contributed by atoms with Gasteiger partial charge in [0.25, 0.3) is 0 Å². The predicted octanol–water partition coefficient (Wildman–Crippen LogP) is 3.80. The Morgan fingerprint density at radius 3 is 2.73 bits per heavy atom. The number of anilines is 1. The smallest absolute Gasteiger partial charge is 0.414 e. The number of carbonyl (C=O) groups is 2. The number of nitrogens with zero attached hydrogens (tertiary/aromatic N) is 1. The first-order valence-corrected chi connectivity index (χ1v) is 9.99. The maximum atomic E-state index is 14.8. The van der Waals surface area contributed by atoms with Gasteiger partial charge in [-0.1, -0.05) is 41.9 Å². The van der Waals surface area contributed by atoms with E-state index in [2.05, 4.69) is 10.6 Å². The monoisotopic (exact) mass is 431 g/mol. The van der Waals surface area contributed by atoms with Crippen LogP contribution in [0, 0.1) is 5.82 Å². The molecule has 1 heterocycles. The van der Waals surface area contributed by atoms with Gasteiger partial charge >= 0.3 is 6.09 Å². The molecule has 1 saturated heterocycles. The first-order valence-electron chi connectivity index (χ1n) is 9.55. The fourth-order valence-corrected chi connectivity index (χ4v) is 3.24. The zero-order valence-electron chi connectivity index (χ0n) is 16.5. The highest BCUT2D eigenvalue weighted by atomic mass is 35.5. The Labute approximate surface area is 179 Å². The van der Waals surface area contributed by atoms with Crippen molar-refractivity contribution in [1.29, 1.82) is 0 Å². The minimum absolute atomic E-state index is 0.200. The Morgan fingerprint density at radius 2 is 2.07 bits per heavy atom. The summed E-state index contributed by atoms with van der Waals surface area (Å²) >= 11 is 5.48. The van der Waals surface area contributed by atoms with E-state index in [0.717, 1.165) is 11.1 Å². The average molecular weight is 432 g/mol. The second kappa shape index (κ2) is 10.2. The van der Waals surface area contributed by atoms with Crippen LogP contribution in [0.2, 0.25) is 0 Å². The SMILES string of the molecule is CC(=O)NC[C@H]1CN(c2ccc(-c3ccc(CNCC=CCl)cc3)c(F)c2)C(=O)O1. The van der Waals surface area contributed by atoms with Gasteiger partial charge in [-0.05, 0) is 29.3 Å². The molecular formula is C22H23ClFN3O3. The molecule has 1 aliphatic rings. The van der Waals surface area contributed by atoms with Crippen LogP contribution in [0.3, 0.4) is 0 Å². The number of ether oxygens (including phenoxy) is 1. The third-order valence-corrected chi connectivity index (χ3v) is 4.84. The molecule has 0 spiro atoms. The van der Waals surface area contributed by atoms with Gasteiger partial charge in [-0.25, -0.2) is 9.18 Å². The molecule has 3 rings (SSSR count). The van der Waals surface area contributed by atoms with Crippen molar-refractivity contribution < 1.29 is 18.7 Å². The van der Waals surface area contributed by atoms with Gasteiger partial charge in [0.2, 0.25) is 5.91 Å².